The van der Waals surface area contributed by atoms with Crippen molar-refractivity contribution in [3.05, 3.63) is 35.9 Å². The summed E-state index contributed by atoms with van der Waals surface area (Å²) in [6, 6.07) is 9.95. The number of morpholine rings is 1. The molecule has 1 heterocycles. The van der Waals surface area contributed by atoms with Crippen molar-refractivity contribution >= 4 is 5.91 Å². The smallest absolute Gasteiger partial charge is 0.234 e. The van der Waals surface area contributed by atoms with Crippen LogP contribution in [0.5, 0.6) is 0 Å². The molecule has 1 aromatic rings. The monoisotopic (exact) mass is 248 g/mol. The van der Waals surface area contributed by atoms with E-state index in [0.717, 1.165) is 18.7 Å². The van der Waals surface area contributed by atoms with E-state index < -0.39 is 0 Å². The van der Waals surface area contributed by atoms with Crippen LogP contribution in [0.2, 0.25) is 0 Å². The highest BCUT2D eigenvalue weighted by Crippen LogP contribution is 2.03. The molecule has 0 saturated carbocycles. The zero-order valence-electron chi connectivity index (χ0n) is 10.8. The molecule has 4 nitrogen and oxygen atoms in total. The number of carbonyl (C=O) groups excluding carboxylic acids is 1. The van der Waals surface area contributed by atoms with Gasteiger partial charge in [0.25, 0.3) is 0 Å². The van der Waals surface area contributed by atoms with Crippen molar-refractivity contribution in [2.45, 2.75) is 19.6 Å². The van der Waals surface area contributed by atoms with Crippen LogP contribution in [0.15, 0.2) is 30.3 Å². The van der Waals surface area contributed by atoms with Crippen molar-refractivity contribution in [3.63, 3.8) is 0 Å². The Morgan fingerprint density at radius 3 is 2.94 bits per heavy atom. The van der Waals surface area contributed by atoms with E-state index in [-0.39, 0.29) is 12.0 Å². The summed E-state index contributed by atoms with van der Waals surface area (Å²) >= 11 is 0. The number of rotatable bonds is 4. The summed E-state index contributed by atoms with van der Waals surface area (Å²) < 4.78 is 5.45. The van der Waals surface area contributed by atoms with E-state index in [4.69, 9.17) is 4.74 Å². The van der Waals surface area contributed by atoms with Crippen LogP contribution in [0.1, 0.15) is 12.5 Å². The zero-order chi connectivity index (χ0) is 12.8. The molecule has 1 fully saturated rings. The molecule has 0 aromatic heterocycles. The molecule has 1 unspecified atom stereocenters. The Bertz CT molecular complexity index is 381. The molecule has 1 N–H and O–H groups in total. The molecule has 1 saturated heterocycles. The van der Waals surface area contributed by atoms with Crippen LogP contribution in [0.3, 0.4) is 0 Å². The first-order chi connectivity index (χ1) is 8.74. The van der Waals surface area contributed by atoms with Crippen LogP contribution in [-0.4, -0.2) is 43.2 Å². The second-order valence-corrected chi connectivity index (χ2v) is 4.68. The quantitative estimate of drug-likeness (QED) is 0.865. The van der Waals surface area contributed by atoms with Crippen LogP contribution in [0, 0.1) is 0 Å². The Kier molecular flexibility index (Phi) is 4.73. The topological polar surface area (TPSA) is 41.6 Å². The standard InChI is InChI=1S/C14H20N2O2/c1-12-10-16(7-8-18-12)11-14(17)15-9-13-5-3-2-4-6-13/h2-6,12H,7-11H2,1H3,(H,15,17). The van der Waals surface area contributed by atoms with E-state index in [1.807, 2.05) is 37.3 Å². The number of nitrogens with one attached hydrogen (secondary N) is 1. The molecular formula is C14H20N2O2. The summed E-state index contributed by atoms with van der Waals surface area (Å²) in [5.41, 5.74) is 1.13. The molecular weight excluding hydrogens is 228 g/mol. The normalized spacial score (nSPS) is 20.6. The molecule has 0 radical (unpaired) electrons. The maximum Gasteiger partial charge on any atom is 0.234 e. The van der Waals surface area contributed by atoms with Gasteiger partial charge in [0.05, 0.1) is 19.3 Å². The Morgan fingerprint density at radius 2 is 2.22 bits per heavy atom. The van der Waals surface area contributed by atoms with Crippen molar-refractivity contribution in [1.29, 1.82) is 0 Å². The predicted octanol–water partition coefficient (Wildman–Crippen LogP) is 1.02. The first-order valence-corrected chi connectivity index (χ1v) is 6.38. The number of carbonyl (C=O) groups is 1. The number of amides is 1. The Labute approximate surface area is 108 Å². The first kappa shape index (κ1) is 13.1. The highest BCUT2D eigenvalue weighted by Gasteiger charge is 2.18. The minimum absolute atomic E-state index is 0.0768. The van der Waals surface area contributed by atoms with Gasteiger partial charge in [-0.05, 0) is 12.5 Å². The molecule has 1 aromatic carbocycles. The molecule has 1 amide bonds. The van der Waals surface area contributed by atoms with Gasteiger partial charge in [0, 0.05) is 19.6 Å². The SMILES string of the molecule is CC1CN(CC(=O)NCc2ccccc2)CCO1. The lowest BCUT2D eigenvalue weighted by Gasteiger charge is -2.30. The van der Waals surface area contributed by atoms with Crippen molar-refractivity contribution in [3.8, 4) is 0 Å². The molecule has 1 atom stereocenters. The van der Waals surface area contributed by atoms with E-state index in [2.05, 4.69) is 10.2 Å². The second kappa shape index (κ2) is 6.52. The summed E-state index contributed by atoms with van der Waals surface area (Å²) in [7, 11) is 0. The van der Waals surface area contributed by atoms with Gasteiger partial charge in [-0.15, -0.1) is 0 Å². The van der Waals surface area contributed by atoms with Crippen molar-refractivity contribution in [1.82, 2.24) is 10.2 Å². The minimum Gasteiger partial charge on any atom is -0.376 e. The molecule has 2 rings (SSSR count). The lowest BCUT2D eigenvalue weighted by Crippen LogP contribution is -2.45. The Balaban J connectivity index is 1.72. The van der Waals surface area contributed by atoms with Gasteiger partial charge in [-0.25, -0.2) is 0 Å². The van der Waals surface area contributed by atoms with Gasteiger partial charge in [0.1, 0.15) is 0 Å². The fourth-order valence-electron chi connectivity index (χ4n) is 2.09. The van der Waals surface area contributed by atoms with Crippen molar-refractivity contribution in [2.24, 2.45) is 0 Å². The largest absolute Gasteiger partial charge is 0.376 e. The highest BCUT2D eigenvalue weighted by atomic mass is 16.5. The highest BCUT2D eigenvalue weighted by molar-refractivity contribution is 5.78. The maximum atomic E-state index is 11.8. The van der Waals surface area contributed by atoms with Crippen LogP contribution < -0.4 is 5.32 Å². The minimum atomic E-state index is 0.0768. The van der Waals surface area contributed by atoms with Crippen LogP contribution in [0.4, 0.5) is 0 Å². The van der Waals surface area contributed by atoms with E-state index in [1.54, 1.807) is 0 Å². The summed E-state index contributed by atoms with van der Waals surface area (Å²) in [6.07, 6.45) is 0.223. The fourth-order valence-corrected chi connectivity index (χ4v) is 2.09. The fraction of sp³-hybridized carbons (Fsp3) is 0.500. The third-order valence-corrected chi connectivity index (χ3v) is 3.02. The third-order valence-electron chi connectivity index (χ3n) is 3.02. The average molecular weight is 248 g/mol. The summed E-state index contributed by atoms with van der Waals surface area (Å²) in [6.45, 7) is 5.48. The molecule has 0 bridgehead atoms. The van der Waals surface area contributed by atoms with E-state index >= 15 is 0 Å². The summed E-state index contributed by atoms with van der Waals surface area (Å²) in [5.74, 6) is 0.0768. The zero-order valence-corrected chi connectivity index (χ0v) is 10.8. The van der Waals surface area contributed by atoms with Gasteiger partial charge in [0.2, 0.25) is 5.91 Å². The van der Waals surface area contributed by atoms with Crippen molar-refractivity contribution in [2.75, 3.05) is 26.2 Å². The summed E-state index contributed by atoms with van der Waals surface area (Å²) in [5, 5.41) is 2.94. The first-order valence-electron chi connectivity index (χ1n) is 6.38. The number of hydrogen-bond acceptors (Lipinski definition) is 3. The van der Waals surface area contributed by atoms with E-state index in [9.17, 15) is 4.79 Å². The van der Waals surface area contributed by atoms with Gasteiger partial charge < -0.3 is 10.1 Å². The maximum absolute atomic E-state index is 11.8. The molecule has 18 heavy (non-hydrogen) atoms. The van der Waals surface area contributed by atoms with E-state index in [0.29, 0.717) is 19.7 Å². The van der Waals surface area contributed by atoms with E-state index in [1.165, 1.54) is 0 Å². The van der Waals surface area contributed by atoms with Crippen LogP contribution in [0.25, 0.3) is 0 Å². The predicted molar refractivity (Wildman–Crippen MR) is 70.1 cm³/mol. The lowest BCUT2D eigenvalue weighted by atomic mass is 10.2. The number of benzene rings is 1. The number of nitrogens with zero attached hydrogens (tertiary/aromatic N) is 1. The van der Waals surface area contributed by atoms with Gasteiger partial charge in [-0.3, -0.25) is 9.69 Å². The number of ether oxygens (including phenoxy) is 1. The molecule has 0 spiro atoms. The molecule has 1 aliphatic rings. The molecule has 1 aliphatic heterocycles. The Hall–Kier alpha value is -1.39. The average Bonchev–Trinajstić information content (AvgIpc) is 2.38. The second-order valence-electron chi connectivity index (χ2n) is 4.68. The molecule has 0 aliphatic carbocycles. The molecule has 98 valence electrons. The van der Waals surface area contributed by atoms with Gasteiger partial charge in [0.15, 0.2) is 0 Å². The molecule has 4 heteroatoms. The lowest BCUT2D eigenvalue weighted by molar-refractivity contribution is -0.124. The van der Waals surface area contributed by atoms with Crippen molar-refractivity contribution < 1.29 is 9.53 Å². The van der Waals surface area contributed by atoms with Crippen LogP contribution in [-0.2, 0) is 16.1 Å². The van der Waals surface area contributed by atoms with Gasteiger partial charge >= 0.3 is 0 Å². The Morgan fingerprint density at radius 1 is 1.44 bits per heavy atom. The van der Waals surface area contributed by atoms with Gasteiger partial charge in [-0.2, -0.15) is 0 Å². The third kappa shape index (κ3) is 4.13. The number of hydrogen-bond donors (Lipinski definition) is 1. The van der Waals surface area contributed by atoms with Gasteiger partial charge in [-0.1, -0.05) is 30.3 Å². The summed E-state index contributed by atoms with van der Waals surface area (Å²) in [4.78, 5) is 13.9. The van der Waals surface area contributed by atoms with Crippen LogP contribution >= 0.6 is 0 Å².